The SMILES string of the molecule is CCc1ccnc(-n2c3ccccc3c3ccc(Oc4cc(-n5cc(-c6c(C)cccc6C)cn5)cc(C(C)(C)C)c4)cc32)c1. The highest BCUT2D eigenvalue weighted by Gasteiger charge is 2.19. The van der Waals surface area contributed by atoms with Crippen LogP contribution in [-0.2, 0) is 11.8 Å². The molecule has 5 heteroatoms. The third kappa shape index (κ3) is 5.29. The van der Waals surface area contributed by atoms with Crippen molar-refractivity contribution in [1.29, 1.82) is 0 Å². The Labute approximate surface area is 264 Å². The van der Waals surface area contributed by atoms with Gasteiger partial charge in [0.05, 0.1) is 22.9 Å². The van der Waals surface area contributed by atoms with Crippen molar-refractivity contribution in [3.8, 4) is 34.1 Å². The summed E-state index contributed by atoms with van der Waals surface area (Å²) in [6.07, 6.45) is 6.92. The molecule has 0 saturated carbocycles. The van der Waals surface area contributed by atoms with Crippen LogP contribution in [0.5, 0.6) is 11.5 Å². The molecule has 0 unspecified atom stereocenters. The van der Waals surface area contributed by atoms with Gasteiger partial charge in [-0.25, -0.2) is 9.67 Å². The number of ether oxygens (including phenoxy) is 1. The molecule has 0 atom stereocenters. The van der Waals surface area contributed by atoms with Crippen LogP contribution in [0.1, 0.15) is 49.9 Å². The van der Waals surface area contributed by atoms with Crippen LogP contribution in [0, 0.1) is 13.8 Å². The van der Waals surface area contributed by atoms with Crippen molar-refractivity contribution in [1.82, 2.24) is 19.3 Å². The summed E-state index contributed by atoms with van der Waals surface area (Å²) in [5.74, 6) is 2.45. The molecule has 224 valence electrons. The maximum atomic E-state index is 6.67. The first-order chi connectivity index (χ1) is 21.7. The summed E-state index contributed by atoms with van der Waals surface area (Å²) in [6, 6.07) is 31.9. The molecule has 0 fully saturated rings. The maximum absolute atomic E-state index is 6.67. The van der Waals surface area contributed by atoms with E-state index in [0.717, 1.165) is 46.0 Å². The zero-order valence-corrected chi connectivity index (χ0v) is 26.8. The van der Waals surface area contributed by atoms with Gasteiger partial charge in [0.2, 0.25) is 0 Å². The number of aryl methyl sites for hydroxylation is 3. The van der Waals surface area contributed by atoms with Crippen LogP contribution in [0.25, 0.3) is 44.4 Å². The van der Waals surface area contributed by atoms with E-state index < -0.39 is 0 Å². The molecule has 5 nitrogen and oxygen atoms in total. The van der Waals surface area contributed by atoms with Gasteiger partial charge in [-0.15, -0.1) is 0 Å². The third-order valence-corrected chi connectivity index (χ3v) is 8.70. The number of pyridine rings is 1. The molecule has 0 radical (unpaired) electrons. The second-order valence-corrected chi connectivity index (χ2v) is 12.9. The monoisotopic (exact) mass is 590 g/mol. The van der Waals surface area contributed by atoms with Gasteiger partial charge >= 0.3 is 0 Å². The van der Waals surface area contributed by atoms with E-state index in [9.17, 15) is 0 Å². The van der Waals surface area contributed by atoms with E-state index in [2.05, 4.69) is 143 Å². The molecule has 3 aromatic heterocycles. The number of nitrogens with zero attached hydrogens (tertiary/aromatic N) is 4. The lowest BCUT2D eigenvalue weighted by atomic mass is 9.86. The van der Waals surface area contributed by atoms with E-state index in [0.29, 0.717) is 0 Å². The standard InChI is InChI=1S/C40H38N4O/c1-7-28-17-18-41-38(19-28)44-36-14-9-8-13-34(36)35-16-15-32(23-37(35)44)45-33-21-30(40(4,5)6)20-31(22-33)43-25-29(24-42-43)39-26(2)11-10-12-27(39)3/h8-25H,7H2,1-6H3. The van der Waals surface area contributed by atoms with Gasteiger partial charge in [-0.3, -0.25) is 4.57 Å². The van der Waals surface area contributed by atoms with Crippen LogP contribution in [0.15, 0.2) is 110 Å². The Morgan fingerprint density at radius 3 is 2.31 bits per heavy atom. The van der Waals surface area contributed by atoms with Crippen molar-refractivity contribution in [3.63, 3.8) is 0 Å². The number of para-hydroxylation sites is 1. The molecular weight excluding hydrogens is 552 g/mol. The summed E-state index contributed by atoms with van der Waals surface area (Å²) in [4.78, 5) is 4.77. The molecule has 0 aliphatic heterocycles. The molecule has 0 aliphatic carbocycles. The van der Waals surface area contributed by atoms with Crippen molar-refractivity contribution in [3.05, 3.63) is 132 Å². The van der Waals surface area contributed by atoms with Gasteiger partial charge in [0, 0.05) is 40.9 Å². The average Bonchev–Trinajstić information content (AvgIpc) is 3.63. The van der Waals surface area contributed by atoms with Gasteiger partial charge in [0.15, 0.2) is 0 Å². The van der Waals surface area contributed by atoms with Crippen LogP contribution in [0.2, 0.25) is 0 Å². The van der Waals surface area contributed by atoms with Crippen molar-refractivity contribution in [2.45, 2.75) is 53.4 Å². The van der Waals surface area contributed by atoms with E-state index >= 15 is 0 Å². The average molecular weight is 591 g/mol. The van der Waals surface area contributed by atoms with E-state index in [1.807, 2.05) is 17.1 Å². The summed E-state index contributed by atoms with van der Waals surface area (Å²) < 4.78 is 10.9. The predicted molar refractivity (Wildman–Crippen MR) is 185 cm³/mol. The minimum Gasteiger partial charge on any atom is -0.457 e. The summed E-state index contributed by atoms with van der Waals surface area (Å²) in [7, 11) is 0. The van der Waals surface area contributed by atoms with E-state index in [1.54, 1.807) is 0 Å². The number of benzene rings is 4. The fraction of sp³-hybridized carbons (Fsp3) is 0.200. The lowest BCUT2D eigenvalue weighted by Crippen LogP contribution is -2.12. The molecule has 7 aromatic rings. The van der Waals surface area contributed by atoms with Crippen molar-refractivity contribution < 1.29 is 4.74 Å². The van der Waals surface area contributed by atoms with Crippen LogP contribution in [-0.4, -0.2) is 19.3 Å². The zero-order valence-electron chi connectivity index (χ0n) is 26.8. The topological polar surface area (TPSA) is 44.9 Å². The number of hydrogen-bond acceptors (Lipinski definition) is 3. The highest BCUT2D eigenvalue weighted by Crippen LogP contribution is 2.37. The molecule has 0 spiro atoms. The minimum absolute atomic E-state index is 0.0803. The molecule has 0 bridgehead atoms. The molecule has 45 heavy (non-hydrogen) atoms. The Balaban J connectivity index is 1.32. The van der Waals surface area contributed by atoms with Crippen molar-refractivity contribution in [2.75, 3.05) is 0 Å². The van der Waals surface area contributed by atoms with Crippen LogP contribution < -0.4 is 4.74 Å². The first-order valence-electron chi connectivity index (χ1n) is 15.6. The predicted octanol–water partition coefficient (Wildman–Crippen LogP) is 10.3. The molecule has 0 N–H and O–H groups in total. The highest BCUT2D eigenvalue weighted by molar-refractivity contribution is 6.09. The van der Waals surface area contributed by atoms with E-state index in [1.165, 1.54) is 38.6 Å². The lowest BCUT2D eigenvalue weighted by Gasteiger charge is -2.21. The van der Waals surface area contributed by atoms with Crippen molar-refractivity contribution >= 4 is 21.8 Å². The minimum atomic E-state index is -0.0803. The van der Waals surface area contributed by atoms with E-state index in [-0.39, 0.29) is 5.41 Å². The second kappa shape index (κ2) is 11.1. The van der Waals surface area contributed by atoms with Gasteiger partial charge in [-0.2, -0.15) is 5.10 Å². The van der Waals surface area contributed by atoms with Gasteiger partial charge in [-0.05, 0) is 96.0 Å². The van der Waals surface area contributed by atoms with Crippen LogP contribution >= 0.6 is 0 Å². The molecule has 0 aliphatic rings. The molecule has 4 aromatic carbocycles. The number of rotatable bonds is 6. The Bertz CT molecular complexity index is 2170. The summed E-state index contributed by atoms with van der Waals surface area (Å²) in [6.45, 7) is 13.1. The summed E-state index contributed by atoms with van der Waals surface area (Å²) in [5, 5.41) is 7.15. The maximum Gasteiger partial charge on any atom is 0.137 e. The molecule has 7 rings (SSSR count). The fourth-order valence-electron chi connectivity index (χ4n) is 6.27. The first-order valence-corrected chi connectivity index (χ1v) is 15.6. The molecular formula is C40H38N4O. The third-order valence-electron chi connectivity index (χ3n) is 8.70. The Kier molecular flexibility index (Phi) is 7.04. The highest BCUT2D eigenvalue weighted by atomic mass is 16.5. The molecule has 0 amide bonds. The quantitative estimate of drug-likeness (QED) is 0.194. The van der Waals surface area contributed by atoms with E-state index in [4.69, 9.17) is 14.8 Å². The van der Waals surface area contributed by atoms with Crippen LogP contribution in [0.4, 0.5) is 0 Å². The smallest absolute Gasteiger partial charge is 0.137 e. The summed E-state index contributed by atoms with van der Waals surface area (Å²) >= 11 is 0. The Hall–Kier alpha value is -5.16. The van der Waals surface area contributed by atoms with Crippen molar-refractivity contribution in [2.24, 2.45) is 0 Å². The summed E-state index contributed by atoms with van der Waals surface area (Å²) in [5.41, 5.74) is 10.3. The van der Waals surface area contributed by atoms with Gasteiger partial charge in [-0.1, -0.05) is 64.1 Å². The van der Waals surface area contributed by atoms with Gasteiger partial charge < -0.3 is 4.74 Å². The number of aromatic nitrogens is 4. The largest absolute Gasteiger partial charge is 0.457 e. The Morgan fingerprint density at radius 2 is 1.53 bits per heavy atom. The van der Waals surface area contributed by atoms with Crippen LogP contribution in [0.3, 0.4) is 0 Å². The second-order valence-electron chi connectivity index (χ2n) is 12.9. The fourth-order valence-corrected chi connectivity index (χ4v) is 6.27. The first kappa shape index (κ1) is 28.6. The molecule has 0 saturated heterocycles. The lowest BCUT2D eigenvalue weighted by molar-refractivity contribution is 0.478. The van der Waals surface area contributed by atoms with Gasteiger partial charge in [0.1, 0.15) is 17.3 Å². The zero-order chi connectivity index (χ0) is 31.3. The normalized spacial score (nSPS) is 11.9. The van der Waals surface area contributed by atoms with Gasteiger partial charge in [0.25, 0.3) is 0 Å². The molecule has 3 heterocycles. The number of fused-ring (bicyclic) bond motifs is 3. The number of hydrogen-bond donors (Lipinski definition) is 0. The Morgan fingerprint density at radius 1 is 0.756 bits per heavy atom.